The molecule has 1 rings (SSSR count). The lowest BCUT2D eigenvalue weighted by atomic mass is 9.98. The Balaban J connectivity index is 3.03. The van der Waals surface area contributed by atoms with E-state index >= 15 is 0 Å². The zero-order chi connectivity index (χ0) is 11.6. The molecule has 1 aromatic carbocycles. The molecule has 0 aromatic heterocycles. The van der Waals surface area contributed by atoms with E-state index in [4.69, 9.17) is 34.8 Å². The largest absolute Gasteiger partial charge is 0.228 e. The monoisotopic (exact) mass is 265 g/mol. The van der Waals surface area contributed by atoms with Gasteiger partial charge in [-0.2, -0.15) is 0 Å². The summed E-state index contributed by atoms with van der Waals surface area (Å²) in [6.07, 6.45) is -0.780. The predicted octanol–water partition coefficient (Wildman–Crippen LogP) is 4.64. The Morgan fingerprint density at radius 1 is 1.20 bits per heavy atom. The van der Waals surface area contributed by atoms with Crippen LogP contribution in [0.3, 0.4) is 0 Å². The van der Waals surface area contributed by atoms with E-state index in [1.165, 1.54) is 0 Å². The second kappa shape index (κ2) is 4.92. The summed E-state index contributed by atoms with van der Waals surface area (Å²) >= 11 is 17.2. The van der Waals surface area contributed by atoms with Crippen molar-refractivity contribution in [1.82, 2.24) is 0 Å². The normalized spacial score (nSPS) is 14.3. The van der Waals surface area contributed by atoms with E-state index in [2.05, 4.69) is 0 Å². The molecule has 15 heavy (non-hydrogen) atoms. The number of rotatable bonds is 2. The van der Waals surface area contributed by atoms with Crippen LogP contribution >= 0.6 is 34.8 Å². The van der Waals surface area contributed by atoms with Gasteiger partial charge in [-0.15, -0.1) is 0 Å². The lowest BCUT2D eigenvalue weighted by Gasteiger charge is -2.16. The zero-order valence-electron chi connectivity index (χ0n) is 8.51. The van der Waals surface area contributed by atoms with Crippen molar-refractivity contribution in [3.8, 4) is 0 Å². The van der Waals surface area contributed by atoms with Crippen molar-refractivity contribution >= 4 is 34.8 Å². The van der Waals surface area contributed by atoms with Crippen LogP contribution in [-0.2, 0) is 8.90 Å². The molecule has 1 radical (unpaired) electrons. The molecule has 0 bridgehead atoms. The summed E-state index contributed by atoms with van der Waals surface area (Å²) in [4.78, 5) is 0. The van der Waals surface area contributed by atoms with E-state index in [1.807, 2.05) is 13.8 Å². The van der Waals surface area contributed by atoms with Gasteiger partial charge in [-0.3, -0.25) is 0 Å². The molecule has 83 valence electrons. The smallest absolute Gasteiger partial charge is 0.216 e. The molecule has 0 amide bonds. The Morgan fingerprint density at radius 2 is 1.80 bits per heavy atom. The second-order valence-electron chi connectivity index (χ2n) is 3.79. The third kappa shape index (κ3) is 3.53. The number of hydrogen-bond donors (Lipinski definition) is 0. The van der Waals surface area contributed by atoms with Crippen molar-refractivity contribution in [3.05, 3.63) is 35.4 Å². The minimum Gasteiger partial charge on any atom is -0.228 e. The minimum absolute atomic E-state index is 0.0237. The van der Waals surface area contributed by atoms with Gasteiger partial charge >= 0.3 is 0 Å². The minimum atomic E-state index is -1.47. The molecule has 0 aliphatic heterocycles. The summed E-state index contributed by atoms with van der Waals surface area (Å²) in [5.74, 6) is 0.0237. The van der Waals surface area contributed by atoms with E-state index in [1.54, 1.807) is 24.3 Å². The van der Waals surface area contributed by atoms with Crippen molar-refractivity contribution in [2.45, 2.75) is 23.7 Å². The summed E-state index contributed by atoms with van der Waals surface area (Å²) in [7, 11) is 0. The first-order chi connectivity index (χ1) is 6.82. The fraction of sp³-hybridized carbons (Fsp3) is 0.455. The first kappa shape index (κ1) is 13.1. The standard InChI is InChI=1S/C11H12Cl3O/c1-7(2)10(15)8-4-3-5-9(6-8)11(12,13)14/h3-7,10H,1-2H3. The van der Waals surface area contributed by atoms with E-state index in [9.17, 15) is 5.11 Å². The van der Waals surface area contributed by atoms with Gasteiger partial charge in [0.15, 0.2) is 0 Å². The Hall–Kier alpha value is 0.0500. The molecular formula is C11H12Cl3O. The van der Waals surface area contributed by atoms with Crippen LogP contribution in [0, 0.1) is 5.92 Å². The first-order valence-electron chi connectivity index (χ1n) is 4.65. The van der Waals surface area contributed by atoms with Gasteiger partial charge in [-0.25, -0.2) is 5.11 Å². The molecule has 0 fully saturated rings. The molecule has 4 heteroatoms. The summed E-state index contributed by atoms with van der Waals surface area (Å²) < 4.78 is -1.47. The average Bonchev–Trinajstić information content (AvgIpc) is 2.15. The summed E-state index contributed by atoms with van der Waals surface area (Å²) in [5, 5.41) is 11.8. The highest BCUT2D eigenvalue weighted by Gasteiger charge is 2.24. The Labute approximate surface area is 105 Å². The molecule has 0 saturated heterocycles. The highest BCUT2D eigenvalue weighted by molar-refractivity contribution is 6.66. The van der Waals surface area contributed by atoms with Crippen molar-refractivity contribution in [2.24, 2.45) is 5.92 Å². The molecule has 1 unspecified atom stereocenters. The van der Waals surface area contributed by atoms with Crippen LogP contribution in [0.15, 0.2) is 24.3 Å². The molecule has 0 aliphatic rings. The van der Waals surface area contributed by atoms with Gasteiger partial charge in [0, 0.05) is 5.56 Å². The molecule has 0 N–H and O–H groups in total. The molecule has 1 atom stereocenters. The van der Waals surface area contributed by atoms with Gasteiger partial charge in [0.2, 0.25) is 3.79 Å². The molecule has 0 saturated carbocycles. The zero-order valence-corrected chi connectivity index (χ0v) is 10.8. The molecule has 1 aromatic rings. The van der Waals surface area contributed by atoms with Crippen LogP contribution in [0.4, 0.5) is 0 Å². The highest BCUT2D eigenvalue weighted by Crippen LogP contribution is 2.39. The highest BCUT2D eigenvalue weighted by atomic mass is 35.6. The lowest BCUT2D eigenvalue weighted by Crippen LogP contribution is -2.06. The van der Waals surface area contributed by atoms with Gasteiger partial charge in [-0.1, -0.05) is 66.8 Å². The molecule has 0 aliphatic carbocycles. The van der Waals surface area contributed by atoms with Crippen molar-refractivity contribution in [3.63, 3.8) is 0 Å². The van der Waals surface area contributed by atoms with Crippen molar-refractivity contribution in [1.29, 1.82) is 0 Å². The lowest BCUT2D eigenvalue weighted by molar-refractivity contribution is 0.0487. The predicted molar refractivity (Wildman–Crippen MR) is 63.9 cm³/mol. The summed E-state index contributed by atoms with van der Waals surface area (Å²) in [5.41, 5.74) is 1.19. The van der Waals surface area contributed by atoms with Gasteiger partial charge < -0.3 is 0 Å². The van der Waals surface area contributed by atoms with Gasteiger partial charge in [0.1, 0.15) is 6.10 Å². The van der Waals surface area contributed by atoms with E-state index in [0.29, 0.717) is 11.1 Å². The van der Waals surface area contributed by atoms with Crippen molar-refractivity contribution in [2.75, 3.05) is 0 Å². The van der Waals surface area contributed by atoms with E-state index in [-0.39, 0.29) is 5.92 Å². The first-order valence-corrected chi connectivity index (χ1v) is 5.78. The number of hydrogen-bond acceptors (Lipinski definition) is 0. The fourth-order valence-corrected chi connectivity index (χ4v) is 1.63. The fourth-order valence-electron chi connectivity index (χ4n) is 1.28. The third-order valence-electron chi connectivity index (χ3n) is 2.15. The van der Waals surface area contributed by atoms with Gasteiger partial charge in [0.25, 0.3) is 0 Å². The number of benzene rings is 1. The molecule has 1 nitrogen and oxygen atoms in total. The van der Waals surface area contributed by atoms with Crippen LogP contribution in [0.5, 0.6) is 0 Å². The van der Waals surface area contributed by atoms with E-state index < -0.39 is 9.90 Å². The maximum absolute atomic E-state index is 11.8. The number of alkyl halides is 3. The molecule has 0 heterocycles. The van der Waals surface area contributed by atoms with Gasteiger partial charge in [0.05, 0.1) is 0 Å². The van der Waals surface area contributed by atoms with E-state index in [0.717, 1.165) is 0 Å². The Bertz CT molecular complexity index is 331. The van der Waals surface area contributed by atoms with Crippen LogP contribution in [-0.4, -0.2) is 0 Å². The Kier molecular flexibility index (Phi) is 4.30. The van der Waals surface area contributed by atoms with Crippen LogP contribution < -0.4 is 0 Å². The van der Waals surface area contributed by atoms with Crippen LogP contribution in [0.1, 0.15) is 31.1 Å². The summed E-state index contributed by atoms with van der Waals surface area (Å²) in [6, 6.07) is 6.85. The Morgan fingerprint density at radius 3 is 2.27 bits per heavy atom. The maximum Gasteiger partial charge on any atom is 0.216 e. The van der Waals surface area contributed by atoms with Crippen molar-refractivity contribution < 1.29 is 5.11 Å². The molecule has 0 spiro atoms. The number of halogens is 3. The second-order valence-corrected chi connectivity index (χ2v) is 6.07. The van der Waals surface area contributed by atoms with Crippen LogP contribution in [0.25, 0.3) is 0 Å². The van der Waals surface area contributed by atoms with Gasteiger partial charge in [-0.05, 0) is 17.5 Å². The SMILES string of the molecule is CC(C)C([O])c1cccc(C(Cl)(Cl)Cl)c1. The third-order valence-corrected chi connectivity index (χ3v) is 2.80. The quantitative estimate of drug-likeness (QED) is 0.695. The molecular weight excluding hydrogens is 254 g/mol. The summed E-state index contributed by atoms with van der Waals surface area (Å²) in [6.45, 7) is 3.75. The maximum atomic E-state index is 11.8. The average molecular weight is 267 g/mol. The van der Waals surface area contributed by atoms with Crippen LogP contribution in [0.2, 0.25) is 0 Å². The topological polar surface area (TPSA) is 19.9 Å².